The topological polar surface area (TPSA) is 35.4 Å². The molecule has 1 aliphatic heterocycles. The third-order valence-corrected chi connectivity index (χ3v) is 0.705. The van der Waals surface area contributed by atoms with E-state index in [0.717, 1.165) is 12.2 Å². The molecule has 0 bridgehead atoms. The SMILES string of the molecule is C1[N]SON1. The van der Waals surface area contributed by atoms with Gasteiger partial charge in [0.15, 0.2) is 0 Å². The minimum absolute atomic E-state index is 0.616. The Hall–Kier alpha value is 0.230. The van der Waals surface area contributed by atoms with Gasteiger partial charge in [-0.25, -0.2) is 4.28 Å². The summed E-state index contributed by atoms with van der Waals surface area (Å²) in [5, 5.41) is 0. The molecule has 0 aromatic rings. The molecule has 0 amide bonds. The van der Waals surface area contributed by atoms with Crippen LogP contribution in [0.3, 0.4) is 0 Å². The van der Waals surface area contributed by atoms with Crippen LogP contribution in [0.2, 0.25) is 0 Å². The van der Waals surface area contributed by atoms with Gasteiger partial charge in [0.1, 0.15) is 18.9 Å². The molecule has 0 spiro atoms. The first-order valence-electron chi connectivity index (χ1n) is 1.22. The largest absolute Gasteiger partial charge is 0.212 e. The van der Waals surface area contributed by atoms with Crippen LogP contribution in [0.15, 0.2) is 0 Å². The second-order valence-corrected chi connectivity index (χ2v) is 1.16. The van der Waals surface area contributed by atoms with Gasteiger partial charge >= 0.3 is 0 Å². The average molecular weight is 91.1 g/mol. The lowest BCUT2D eigenvalue weighted by molar-refractivity contribution is 0.269. The fraction of sp³-hybridized carbons (Fsp3) is 1.00. The Morgan fingerprint density at radius 1 is 2.00 bits per heavy atom. The highest BCUT2D eigenvalue weighted by atomic mass is 32.2. The quantitative estimate of drug-likeness (QED) is 0.327. The van der Waals surface area contributed by atoms with Gasteiger partial charge in [0, 0.05) is 0 Å². The highest BCUT2D eigenvalue weighted by molar-refractivity contribution is 7.92. The molecule has 1 N–H and O–H groups in total. The van der Waals surface area contributed by atoms with E-state index in [9.17, 15) is 0 Å². The van der Waals surface area contributed by atoms with Gasteiger partial charge in [-0.15, -0.1) is 4.72 Å². The van der Waals surface area contributed by atoms with E-state index in [0.29, 0.717) is 6.67 Å². The summed E-state index contributed by atoms with van der Waals surface area (Å²) in [4.78, 5) is 0. The molecule has 0 aromatic carbocycles. The molecule has 4 heteroatoms. The van der Waals surface area contributed by atoms with Crippen LogP contribution in [-0.4, -0.2) is 6.67 Å². The Morgan fingerprint density at radius 2 is 3.00 bits per heavy atom. The van der Waals surface area contributed by atoms with E-state index in [-0.39, 0.29) is 0 Å². The van der Waals surface area contributed by atoms with Crippen molar-refractivity contribution < 1.29 is 4.28 Å². The van der Waals surface area contributed by atoms with E-state index >= 15 is 0 Å². The summed E-state index contributed by atoms with van der Waals surface area (Å²) in [6.07, 6.45) is 0. The Kier molecular flexibility index (Phi) is 1.10. The van der Waals surface area contributed by atoms with Crippen molar-refractivity contribution in [3.63, 3.8) is 0 Å². The fourth-order valence-corrected chi connectivity index (χ4v) is 0.395. The van der Waals surface area contributed by atoms with E-state index in [4.69, 9.17) is 0 Å². The van der Waals surface area contributed by atoms with Crippen molar-refractivity contribution in [3.8, 4) is 0 Å². The number of nitrogens with zero attached hydrogens (tertiary/aromatic N) is 1. The van der Waals surface area contributed by atoms with E-state index in [2.05, 4.69) is 14.5 Å². The molecular weight excluding hydrogens is 88.1 g/mol. The molecule has 0 aromatic heterocycles. The van der Waals surface area contributed by atoms with Crippen LogP contribution in [0.25, 0.3) is 0 Å². The van der Waals surface area contributed by atoms with E-state index in [1.807, 2.05) is 0 Å². The Balaban J connectivity index is 2.08. The Morgan fingerprint density at radius 3 is 3.20 bits per heavy atom. The van der Waals surface area contributed by atoms with E-state index in [1.54, 1.807) is 0 Å². The summed E-state index contributed by atoms with van der Waals surface area (Å²) in [6.45, 7) is 0.616. The molecule has 1 rings (SSSR count). The van der Waals surface area contributed by atoms with Crippen LogP contribution in [-0.2, 0) is 4.28 Å². The molecule has 1 aliphatic rings. The van der Waals surface area contributed by atoms with Gasteiger partial charge < -0.3 is 0 Å². The van der Waals surface area contributed by atoms with Crippen molar-refractivity contribution in [1.29, 1.82) is 0 Å². The van der Waals surface area contributed by atoms with Gasteiger partial charge in [-0.1, -0.05) is 0 Å². The smallest absolute Gasteiger partial charge is 0.122 e. The molecule has 1 heterocycles. The molecule has 1 radical (unpaired) electrons. The summed E-state index contributed by atoms with van der Waals surface area (Å²) < 4.78 is 8.11. The minimum atomic E-state index is 0.616. The number of rotatable bonds is 0. The number of nitrogens with one attached hydrogen (secondary N) is 1. The van der Waals surface area contributed by atoms with Crippen LogP contribution in [0.5, 0.6) is 0 Å². The normalized spacial score (nSPS) is 24.0. The standard InChI is InChI=1S/CH3N2OS/c1-2-4-5-3-1/h2H,1H2. The Bertz CT molecular complexity index is 21.2. The second kappa shape index (κ2) is 1.61. The van der Waals surface area contributed by atoms with Crippen molar-refractivity contribution >= 4 is 12.2 Å². The first kappa shape index (κ1) is 3.42. The maximum absolute atomic E-state index is 4.44. The summed E-state index contributed by atoms with van der Waals surface area (Å²) in [7, 11) is 0. The van der Waals surface area contributed by atoms with E-state index in [1.165, 1.54) is 0 Å². The van der Waals surface area contributed by atoms with Crippen molar-refractivity contribution in [2.75, 3.05) is 6.67 Å². The third kappa shape index (κ3) is 0.769. The van der Waals surface area contributed by atoms with Gasteiger partial charge in [0.2, 0.25) is 0 Å². The van der Waals surface area contributed by atoms with Crippen LogP contribution in [0, 0.1) is 0 Å². The first-order chi connectivity index (χ1) is 2.50. The summed E-state index contributed by atoms with van der Waals surface area (Å²) in [5.74, 6) is 0. The maximum Gasteiger partial charge on any atom is 0.122 e. The molecule has 1 fully saturated rings. The number of hydrogen-bond acceptors (Lipinski definition) is 3. The van der Waals surface area contributed by atoms with Crippen molar-refractivity contribution in [1.82, 2.24) is 10.2 Å². The molecule has 1 saturated heterocycles. The lowest BCUT2D eigenvalue weighted by Crippen LogP contribution is -2.05. The Labute approximate surface area is 34.4 Å². The van der Waals surface area contributed by atoms with Gasteiger partial charge in [-0.3, -0.25) is 0 Å². The van der Waals surface area contributed by atoms with Crippen LogP contribution in [0.1, 0.15) is 0 Å². The molecule has 0 atom stereocenters. The van der Waals surface area contributed by atoms with Crippen LogP contribution < -0.4 is 10.2 Å². The highest BCUT2D eigenvalue weighted by Crippen LogP contribution is 1.97. The molecule has 29 valence electrons. The molecule has 0 saturated carbocycles. The van der Waals surface area contributed by atoms with Crippen LogP contribution >= 0.6 is 12.2 Å². The van der Waals surface area contributed by atoms with Crippen molar-refractivity contribution in [3.05, 3.63) is 0 Å². The zero-order valence-electron chi connectivity index (χ0n) is 2.47. The van der Waals surface area contributed by atoms with Crippen molar-refractivity contribution in [2.45, 2.75) is 0 Å². The summed E-state index contributed by atoms with van der Waals surface area (Å²) >= 11 is 1.09. The van der Waals surface area contributed by atoms with Gasteiger partial charge in [0.25, 0.3) is 0 Å². The zero-order valence-corrected chi connectivity index (χ0v) is 3.29. The molecule has 0 unspecified atom stereocenters. The predicted octanol–water partition coefficient (Wildman–Crippen LogP) is -0.354. The highest BCUT2D eigenvalue weighted by Gasteiger charge is 1.95. The minimum Gasteiger partial charge on any atom is -0.212 e. The van der Waals surface area contributed by atoms with Crippen LogP contribution in [0.4, 0.5) is 0 Å². The van der Waals surface area contributed by atoms with E-state index < -0.39 is 0 Å². The average Bonchev–Trinajstić information content (AvgIpc) is 1.76. The number of hydrogen-bond donors (Lipinski definition) is 1. The first-order valence-corrected chi connectivity index (χ1v) is 1.92. The summed E-state index contributed by atoms with van der Waals surface area (Å²) in [6, 6.07) is 0. The fourth-order valence-electron chi connectivity index (χ4n) is 0.132. The molecular formula is CH3N2OS. The monoisotopic (exact) mass is 91.0 g/mol. The number of hydroxylamine groups is 1. The molecule has 5 heavy (non-hydrogen) atoms. The second-order valence-electron chi connectivity index (χ2n) is 0.589. The summed E-state index contributed by atoms with van der Waals surface area (Å²) in [5.41, 5.74) is 2.52. The maximum atomic E-state index is 4.44. The van der Waals surface area contributed by atoms with Gasteiger partial charge in [0.05, 0.1) is 0 Å². The third-order valence-electron chi connectivity index (χ3n) is 0.278. The molecule has 3 nitrogen and oxygen atoms in total. The zero-order chi connectivity index (χ0) is 3.54. The van der Waals surface area contributed by atoms with Crippen molar-refractivity contribution in [2.24, 2.45) is 0 Å². The lowest BCUT2D eigenvalue weighted by atomic mass is 11.3. The van der Waals surface area contributed by atoms with Gasteiger partial charge in [-0.05, 0) is 0 Å². The molecule has 0 aliphatic carbocycles. The predicted molar refractivity (Wildman–Crippen MR) is 18.8 cm³/mol. The lowest BCUT2D eigenvalue weighted by Gasteiger charge is -1.73. The van der Waals surface area contributed by atoms with Gasteiger partial charge in [-0.2, -0.15) is 5.48 Å².